The fourth-order valence-corrected chi connectivity index (χ4v) is 3.11. The average molecular weight is 323 g/mol. The van der Waals surface area contributed by atoms with Crippen molar-refractivity contribution in [2.45, 2.75) is 24.7 Å². The SMILES string of the molecule is CC1(CNC(=O)CSc2ccc([N+](=O)[O-])cc2)CCNCC1. The molecular weight excluding hydrogens is 302 g/mol. The second-order valence-corrected chi connectivity index (χ2v) is 6.93. The van der Waals surface area contributed by atoms with Crippen molar-refractivity contribution in [2.24, 2.45) is 5.41 Å². The number of carbonyl (C=O) groups is 1. The van der Waals surface area contributed by atoms with Crippen LogP contribution in [0.2, 0.25) is 0 Å². The van der Waals surface area contributed by atoms with E-state index in [2.05, 4.69) is 17.6 Å². The Bertz CT molecular complexity index is 527. The zero-order valence-corrected chi connectivity index (χ0v) is 13.4. The van der Waals surface area contributed by atoms with E-state index in [1.165, 1.54) is 23.9 Å². The van der Waals surface area contributed by atoms with Gasteiger partial charge in [0.25, 0.3) is 5.69 Å². The smallest absolute Gasteiger partial charge is 0.269 e. The van der Waals surface area contributed by atoms with Gasteiger partial charge in [0.2, 0.25) is 5.91 Å². The number of nitro benzene ring substituents is 1. The topological polar surface area (TPSA) is 84.3 Å². The number of hydrogen-bond donors (Lipinski definition) is 2. The van der Waals surface area contributed by atoms with Crippen LogP contribution in [0, 0.1) is 15.5 Å². The molecular formula is C15H21N3O3S. The van der Waals surface area contributed by atoms with Crippen molar-refractivity contribution < 1.29 is 9.72 Å². The number of rotatable bonds is 6. The van der Waals surface area contributed by atoms with Crippen molar-refractivity contribution in [1.29, 1.82) is 0 Å². The van der Waals surface area contributed by atoms with E-state index in [0.717, 1.165) is 30.8 Å². The molecule has 0 radical (unpaired) electrons. The fourth-order valence-electron chi connectivity index (χ4n) is 2.38. The molecule has 1 aliphatic heterocycles. The Hall–Kier alpha value is -1.60. The van der Waals surface area contributed by atoms with Crippen LogP contribution in [0.15, 0.2) is 29.2 Å². The number of carbonyl (C=O) groups excluding carboxylic acids is 1. The third-order valence-corrected chi connectivity index (χ3v) is 4.95. The van der Waals surface area contributed by atoms with Gasteiger partial charge >= 0.3 is 0 Å². The number of nitrogens with one attached hydrogen (secondary N) is 2. The minimum absolute atomic E-state index is 0.00288. The summed E-state index contributed by atoms with van der Waals surface area (Å²) in [7, 11) is 0. The lowest BCUT2D eigenvalue weighted by molar-refractivity contribution is -0.384. The minimum atomic E-state index is -0.430. The number of non-ortho nitro benzene ring substituents is 1. The average Bonchev–Trinajstić information content (AvgIpc) is 2.52. The Morgan fingerprint density at radius 2 is 2.00 bits per heavy atom. The predicted octanol–water partition coefficient (Wildman–Crippen LogP) is 2.19. The highest BCUT2D eigenvalue weighted by Crippen LogP contribution is 2.27. The summed E-state index contributed by atoms with van der Waals surface area (Å²) < 4.78 is 0. The molecule has 0 spiro atoms. The molecule has 0 saturated carbocycles. The first-order valence-corrected chi connectivity index (χ1v) is 8.32. The number of amides is 1. The summed E-state index contributed by atoms with van der Waals surface area (Å²) in [5.41, 5.74) is 0.242. The highest BCUT2D eigenvalue weighted by Gasteiger charge is 2.26. The molecule has 0 aliphatic carbocycles. The number of thioether (sulfide) groups is 1. The Morgan fingerprint density at radius 1 is 1.36 bits per heavy atom. The van der Waals surface area contributed by atoms with Crippen molar-refractivity contribution in [3.05, 3.63) is 34.4 Å². The monoisotopic (exact) mass is 323 g/mol. The van der Waals surface area contributed by atoms with E-state index in [1.54, 1.807) is 12.1 Å². The summed E-state index contributed by atoms with van der Waals surface area (Å²) in [6.07, 6.45) is 2.14. The molecule has 1 aromatic carbocycles. The van der Waals surface area contributed by atoms with Gasteiger partial charge in [0, 0.05) is 23.6 Å². The number of benzene rings is 1. The van der Waals surface area contributed by atoms with Crippen LogP contribution in [-0.2, 0) is 4.79 Å². The predicted molar refractivity (Wildman–Crippen MR) is 87.0 cm³/mol. The summed E-state index contributed by atoms with van der Waals surface area (Å²) >= 11 is 1.39. The normalized spacial score (nSPS) is 17.0. The first-order valence-electron chi connectivity index (χ1n) is 7.33. The molecule has 1 fully saturated rings. The molecule has 6 nitrogen and oxygen atoms in total. The molecule has 2 N–H and O–H groups in total. The van der Waals surface area contributed by atoms with Crippen molar-refractivity contribution in [1.82, 2.24) is 10.6 Å². The lowest BCUT2D eigenvalue weighted by Gasteiger charge is -2.34. The summed E-state index contributed by atoms with van der Waals surface area (Å²) in [5, 5.41) is 16.9. The summed E-state index contributed by atoms with van der Waals surface area (Å²) in [5.74, 6) is 0.328. The van der Waals surface area contributed by atoms with Crippen molar-refractivity contribution in [2.75, 3.05) is 25.4 Å². The van der Waals surface area contributed by atoms with Crippen LogP contribution < -0.4 is 10.6 Å². The largest absolute Gasteiger partial charge is 0.355 e. The van der Waals surface area contributed by atoms with Gasteiger partial charge in [0.15, 0.2) is 0 Å². The van der Waals surface area contributed by atoms with Gasteiger partial charge in [-0.15, -0.1) is 11.8 Å². The molecule has 120 valence electrons. The Balaban J connectivity index is 1.74. The number of piperidine rings is 1. The Kier molecular flexibility index (Phi) is 5.79. The second-order valence-electron chi connectivity index (χ2n) is 5.88. The van der Waals surface area contributed by atoms with E-state index in [1.807, 2.05) is 0 Å². The molecule has 0 atom stereocenters. The Morgan fingerprint density at radius 3 is 2.59 bits per heavy atom. The van der Waals surface area contributed by atoms with Crippen LogP contribution in [0.3, 0.4) is 0 Å². The summed E-state index contributed by atoms with van der Waals surface area (Å²) in [6, 6.07) is 6.25. The highest BCUT2D eigenvalue weighted by molar-refractivity contribution is 8.00. The molecule has 0 bridgehead atoms. The maximum atomic E-state index is 11.9. The van der Waals surface area contributed by atoms with Gasteiger partial charge in [-0.25, -0.2) is 0 Å². The molecule has 22 heavy (non-hydrogen) atoms. The lowest BCUT2D eigenvalue weighted by Crippen LogP contribution is -2.43. The minimum Gasteiger partial charge on any atom is -0.355 e. The van der Waals surface area contributed by atoms with Crippen LogP contribution >= 0.6 is 11.8 Å². The molecule has 1 amide bonds. The van der Waals surface area contributed by atoms with E-state index in [0.29, 0.717) is 12.3 Å². The van der Waals surface area contributed by atoms with Gasteiger partial charge in [-0.1, -0.05) is 6.92 Å². The van der Waals surface area contributed by atoms with Crippen LogP contribution in [-0.4, -0.2) is 36.2 Å². The van der Waals surface area contributed by atoms with Gasteiger partial charge in [0.1, 0.15) is 0 Å². The van der Waals surface area contributed by atoms with Gasteiger partial charge in [0.05, 0.1) is 10.7 Å². The third kappa shape index (κ3) is 4.99. The van der Waals surface area contributed by atoms with Gasteiger partial charge in [-0.05, 0) is 43.5 Å². The zero-order chi connectivity index (χ0) is 16.0. The van der Waals surface area contributed by atoms with Crippen LogP contribution in [0.4, 0.5) is 5.69 Å². The van der Waals surface area contributed by atoms with Crippen molar-refractivity contribution in [3.63, 3.8) is 0 Å². The lowest BCUT2D eigenvalue weighted by atomic mass is 9.81. The molecule has 1 heterocycles. The van der Waals surface area contributed by atoms with Gasteiger partial charge in [-0.3, -0.25) is 14.9 Å². The van der Waals surface area contributed by atoms with E-state index < -0.39 is 4.92 Å². The fraction of sp³-hybridized carbons (Fsp3) is 0.533. The molecule has 1 aliphatic rings. The quantitative estimate of drug-likeness (QED) is 0.476. The van der Waals surface area contributed by atoms with E-state index in [-0.39, 0.29) is 17.0 Å². The molecule has 1 aromatic rings. The standard InChI is InChI=1S/C15H21N3O3S/c1-15(6-8-16-9-7-15)11-17-14(19)10-22-13-4-2-12(3-5-13)18(20)21/h2-5,16H,6-11H2,1H3,(H,17,19). The highest BCUT2D eigenvalue weighted by atomic mass is 32.2. The van der Waals surface area contributed by atoms with E-state index >= 15 is 0 Å². The van der Waals surface area contributed by atoms with E-state index in [9.17, 15) is 14.9 Å². The first-order chi connectivity index (χ1) is 10.5. The Labute approximate surface area is 134 Å². The third-order valence-electron chi connectivity index (χ3n) is 3.94. The maximum absolute atomic E-state index is 11.9. The molecule has 0 unspecified atom stereocenters. The maximum Gasteiger partial charge on any atom is 0.269 e. The van der Waals surface area contributed by atoms with E-state index in [4.69, 9.17) is 0 Å². The van der Waals surface area contributed by atoms with Crippen LogP contribution in [0.5, 0.6) is 0 Å². The zero-order valence-electron chi connectivity index (χ0n) is 12.6. The summed E-state index contributed by atoms with van der Waals surface area (Å²) in [6.45, 7) is 4.92. The van der Waals surface area contributed by atoms with Crippen molar-refractivity contribution in [3.8, 4) is 0 Å². The van der Waals surface area contributed by atoms with Crippen molar-refractivity contribution >= 4 is 23.4 Å². The van der Waals surface area contributed by atoms with Crippen LogP contribution in [0.25, 0.3) is 0 Å². The second kappa shape index (κ2) is 7.60. The molecule has 0 aromatic heterocycles. The number of nitrogens with zero attached hydrogens (tertiary/aromatic N) is 1. The first kappa shape index (κ1) is 16.8. The van der Waals surface area contributed by atoms with Crippen LogP contribution in [0.1, 0.15) is 19.8 Å². The molecule has 1 saturated heterocycles. The summed E-state index contributed by atoms with van der Waals surface area (Å²) in [4.78, 5) is 22.9. The van der Waals surface area contributed by atoms with Gasteiger partial charge < -0.3 is 10.6 Å². The molecule has 2 rings (SSSR count). The number of nitro groups is 1. The van der Waals surface area contributed by atoms with Gasteiger partial charge in [-0.2, -0.15) is 0 Å². The number of hydrogen-bond acceptors (Lipinski definition) is 5. The molecule has 7 heteroatoms.